The smallest absolute Gasteiger partial charge is 0.00817 e. The van der Waals surface area contributed by atoms with Crippen LogP contribution in [0, 0.1) is 0 Å². The van der Waals surface area contributed by atoms with E-state index in [1.807, 2.05) is 0 Å². The largest absolute Gasteiger partial charge is 0.314 e. The van der Waals surface area contributed by atoms with E-state index < -0.39 is 0 Å². The third kappa shape index (κ3) is 4.75. The number of hydrogen-bond acceptors (Lipinski definition) is 3. The zero-order valence-corrected chi connectivity index (χ0v) is 12.9. The van der Waals surface area contributed by atoms with Gasteiger partial charge in [-0.3, -0.25) is 0 Å². The van der Waals surface area contributed by atoms with Crippen molar-refractivity contribution in [3.05, 3.63) is 0 Å². The molecule has 0 amide bonds. The molecular formula is C15H30N2S. The normalized spacial score (nSPS) is 35.3. The van der Waals surface area contributed by atoms with Gasteiger partial charge in [-0.1, -0.05) is 6.42 Å². The van der Waals surface area contributed by atoms with E-state index in [0.717, 1.165) is 17.3 Å². The third-order valence-corrected chi connectivity index (χ3v) is 5.72. The molecule has 2 N–H and O–H groups in total. The zero-order valence-electron chi connectivity index (χ0n) is 12.1. The lowest BCUT2D eigenvalue weighted by atomic mass is 9.93. The summed E-state index contributed by atoms with van der Waals surface area (Å²) in [6.07, 6.45) is 13.3. The van der Waals surface area contributed by atoms with Crippen molar-refractivity contribution < 1.29 is 0 Å². The van der Waals surface area contributed by atoms with Crippen molar-refractivity contribution in [2.24, 2.45) is 0 Å². The van der Waals surface area contributed by atoms with Gasteiger partial charge in [0.1, 0.15) is 0 Å². The Morgan fingerprint density at radius 1 is 1.17 bits per heavy atom. The van der Waals surface area contributed by atoms with Crippen LogP contribution in [0.2, 0.25) is 0 Å². The molecule has 2 rings (SSSR count). The highest BCUT2D eigenvalue weighted by atomic mass is 32.2. The van der Waals surface area contributed by atoms with Crippen LogP contribution >= 0.6 is 11.8 Å². The predicted octanol–water partition coefficient (Wildman–Crippen LogP) is 3.17. The van der Waals surface area contributed by atoms with E-state index in [0.29, 0.717) is 6.04 Å². The van der Waals surface area contributed by atoms with E-state index in [1.54, 1.807) is 0 Å². The van der Waals surface area contributed by atoms with Gasteiger partial charge in [0.05, 0.1) is 0 Å². The molecule has 3 heteroatoms. The minimum absolute atomic E-state index is 0.677. The maximum atomic E-state index is 3.86. The highest BCUT2D eigenvalue weighted by Crippen LogP contribution is 2.27. The Kier molecular flexibility index (Phi) is 6.33. The first kappa shape index (κ1) is 14.7. The second-order valence-corrected chi connectivity index (χ2v) is 7.30. The minimum Gasteiger partial charge on any atom is -0.314 e. The Labute approximate surface area is 117 Å². The number of rotatable bonds is 5. The van der Waals surface area contributed by atoms with Crippen LogP contribution in [-0.4, -0.2) is 36.2 Å². The van der Waals surface area contributed by atoms with Crippen molar-refractivity contribution in [1.82, 2.24) is 10.6 Å². The fourth-order valence-corrected chi connectivity index (χ4v) is 4.23. The summed E-state index contributed by atoms with van der Waals surface area (Å²) in [6.45, 7) is 3.60. The summed E-state index contributed by atoms with van der Waals surface area (Å²) in [4.78, 5) is 0. The standard InChI is InChI=1S/C15H30N2S/c1-12(11-14-5-3-4-10-16-14)17-13-6-8-15(18-2)9-7-13/h12-17H,3-11H2,1-2H3. The Morgan fingerprint density at radius 2 is 1.94 bits per heavy atom. The summed E-state index contributed by atoms with van der Waals surface area (Å²) in [5.74, 6) is 0. The van der Waals surface area contributed by atoms with Crippen LogP contribution in [0.1, 0.15) is 58.3 Å². The topological polar surface area (TPSA) is 24.1 Å². The summed E-state index contributed by atoms with van der Waals surface area (Å²) in [6, 6.07) is 2.23. The summed E-state index contributed by atoms with van der Waals surface area (Å²) >= 11 is 2.06. The zero-order chi connectivity index (χ0) is 12.8. The first-order chi connectivity index (χ1) is 8.78. The van der Waals surface area contributed by atoms with Gasteiger partial charge in [-0.2, -0.15) is 11.8 Å². The molecule has 0 bridgehead atoms. The van der Waals surface area contributed by atoms with E-state index in [2.05, 4.69) is 35.6 Å². The summed E-state index contributed by atoms with van der Waals surface area (Å²) < 4.78 is 0. The van der Waals surface area contributed by atoms with Crippen LogP contribution in [0.5, 0.6) is 0 Å². The molecule has 2 unspecified atom stereocenters. The lowest BCUT2D eigenvalue weighted by Gasteiger charge is -2.32. The number of thioether (sulfide) groups is 1. The highest BCUT2D eigenvalue weighted by Gasteiger charge is 2.22. The van der Waals surface area contributed by atoms with Gasteiger partial charge in [-0.15, -0.1) is 0 Å². The van der Waals surface area contributed by atoms with Crippen LogP contribution in [0.15, 0.2) is 0 Å². The van der Waals surface area contributed by atoms with Crippen molar-refractivity contribution in [2.75, 3.05) is 12.8 Å². The van der Waals surface area contributed by atoms with Crippen LogP contribution in [-0.2, 0) is 0 Å². The average Bonchev–Trinajstić information content (AvgIpc) is 2.40. The summed E-state index contributed by atoms with van der Waals surface area (Å²) in [5.41, 5.74) is 0. The third-order valence-electron chi connectivity index (χ3n) is 4.58. The number of piperidine rings is 1. The lowest BCUT2D eigenvalue weighted by Crippen LogP contribution is -2.44. The Balaban J connectivity index is 1.63. The molecule has 1 saturated carbocycles. The summed E-state index contributed by atoms with van der Waals surface area (Å²) in [7, 11) is 0. The first-order valence-electron chi connectivity index (χ1n) is 7.80. The fraction of sp³-hybridized carbons (Fsp3) is 1.00. The van der Waals surface area contributed by atoms with Crippen molar-refractivity contribution in [3.8, 4) is 0 Å². The second kappa shape index (κ2) is 7.76. The lowest BCUT2D eigenvalue weighted by molar-refractivity contribution is 0.301. The van der Waals surface area contributed by atoms with Gasteiger partial charge >= 0.3 is 0 Å². The van der Waals surface area contributed by atoms with Crippen molar-refractivity contribution in [1.29, 1.82) is 0 Å². The highest BCUT2D eigenvalue weighted by molar-refractivity contribution is 7.99. The van der Waals surface area contributed by atoms with E-state index in [-0.39, 0.29) is 0 Å². The molecule has 1 saturated heterocycles. The van der Waals surface area contributed by atoms with E-state index in [4.69, 9.17) is 0 Å². The molecule has 2 nitrogen and oxygen atoms in total. The van der Waals surface area contributed by atoms with E-state index in [9.17, 15) is 0 Å². The van der Waals surface area contributed by atoms with Gasteiger partial charge in [-0.25, -0.2) is 0 Å². The Hall–Kier alpha value is 0.270. The molecule has 0 aromatic carbocycles. The molecule has 0 aromatic rings. The first-order valence-corrected chi connectivity index (χ1v) is 9.09. The molecule has 106 valence electrons. The Morgan fingerprint density at radius 3 is 2.56 bits per heavy atom. The minimum atomic E-state index is 0.677. The molecule has 0 radical (unpaired) electrons. The maximum Gasteiger partial charge on any atom is 0.00817 e. The molecular weight excluding hydrogens is 240 g/mol. The van der Waals surface area contributed by atoms with Gasteiger partial charge < -0.3 is 10.6 Å². The van der Waals surface area contributed by atoms with Gasteiger partial charge in [0.25, 0.3) is 0 Å². The molecule has 2 aliphatic rings. The van der Waals surface area contributed by atoms with Crippen molar-refractivity contribution >= 4 is 11.8 Å². The molecule has 2 fully saturated rings. The van der Waals surface area contributed by atoms with E-state index in [1.165, 1.54) is 57.9 Å². The van der Waals surface area contributed by atoms with Crippen LogP contribution < -0.4 is 10.6 Å². The molecule has 0 spiro atoms. The van der Waals surface area contributed by atoms with Gasteiger partial charge in [-0.05, 0) is 64.7 Å². The SMILES string of the molecule is CSC1CCC(NC(C)CC2CCCCN2)CC1. The predicted molar refractivity (Wildman–Crippen MR) is 82.4 cm³/mol. The van der Waals surface area contributed by atoms with Crippen molar-refractivity contribution in [2.45, 2.75) is 81.7 Å². The molecule has 1 heterocycles. The molecule has 0 aromatic heterocycles. The van der Waals surface area contributed by atoms with E-state index >= 15 is 0 Å². The van der Waals surface area contributed by atoms with Gasteiger partial charge in [0.15, 0.2) is 0 Å². The molecule has 1 aliphatic carbocycles. The number of hydrogen-bond donors (Lipinski definition) is 2. The van der Waals surface area contributed by atoms with Gasteiger partial charge in [0.2, 0.25) is 0 Å². The molecule has 18 heavy (non-hydrogen) atoms. The maximum absolute atomic E-state index is 3.86. The van der Waals surface area contributed by atoms with Crippen LogP contribution in [0.25, 0.3) is 0 Å². The Bertz CT molecular complexity index is 221. The van der Waals surface area contributed by atoms with Gasteiger partial charge in [0, 0.05) is 23.4 Å². The summed E-state index contributed by atoms with van der Waals surface area (Å²) in [5, 5.41) is 8.45. The van der Waals surface area contributed by atoms with Crippen LogP contribution in [0.4, 0.5) is 0 Å². The monoisotopic (exact) mass is 270 g/mol. The number of nitrogens with one attached hydrogen (secondary N) is 2. The average molecular weight is 270 g/mol. The molecule has 1 aliphatic heterocycles. The second-order valence-electron chi connectivity index (χ2n) is 6.16. The molecule has 2 atom stereocenters. The van der Waals surface area contributed by atoms with Crippen LogP contribution in [0.3, 0.4) is 0 Å². The van der Waals surface area contributed by atoms with Crippen molar-refractivity contribution in [3.63, 3.8) is 0 Å². The quantitative estimate of drug-likeness (QED) is 0.802. The fourth-order valence-electron chi connectivity index (χ4n) is 3.49.